The molecule has 162 valence electrons. The number of carbonyl (C=O) groups is 1. The first-order valence-electron chi connectivity index (χ1n) is 9.77. The molecule has 0 radical (unpaired) electrons. The van der Waals surface area contributed by atoms with Crippen LogP contribution in [0.15, 0.2) is 72.1 Å². The molecule has 0 amide bonds. The van der Waals surface area contributed by atoms with Gasteiger partial charge in [-0.2, -0.15) is 0 Å². The van der Waals surface area contributed by atoms with Gasteiger partial charge >= 0.3 is 0 Å². The van der Waals surface area contributed by atoms with Crippen LogP contribution in [0.1, 0.15) is 17.3 Å². The highest BCUT2D eigenvalue weighted by Crippen LogP contribution is 2.30. The number of nitrogens with zero attached hydrogens (tertiary/aromatic N) is 4. The van der Waals surface area contributed by atoms with Gasteiger partial charge in [-0.25, -0.2) is 0 Å². The zero-order valence-electron chi connectivity index (χ0n) is 17.0. The summed E-state index contributed by atoms with van der Waals surface area (Å²) in [5, 5.41) is 10.1. The molecule has 6 nitrogen and oxygen atoms in total. The lowest BCUT2D eigenvalue weighted by molar-refractivity contribution is 0.102. The van der Waals surface area contributed by atoms with Crippen LogP contribution in [-0.2, 0) is 0 Å². The summed E-state index contributed by atoms with van der Waals surface area (Å²) in [6.45, 7) is 2.53. The summed E-state index contributed by atoms with van der Waals surface area (Å²) >= 11 is 13.3. The molecule has 0 N–H and O–H groups in total. The highest BCUT2D eigenvalue weighted by atomic mass is 35.5. The Hall–Kier alpha value is -2.87. The van der Waals surface area contributed by atoms with Crippen molar-refractivity contribution in [3.05, 3.63) is 82.6 Å². The van der Waals surface area contributed by atoms with E-state index in [1.54, 1.807) is 30.6 Å². The van der Waals surface area contributed by atoms with E-state index >= 15 is 0 Å². The highest BCUT2D eigenvalue weighted by molar-refractivity contribution is 7.99. The van der Waals surface area contributed by atoms with Crippen LogP contribution in [0.2, 0.25) is 10.0 Å². The second-order valence-corrected chi connectivity index (χ2v) is 8.40. The quantitative estimate of drug-likeness (QED) is 0.225. The fraction of sp³-hybridized carbons (Fsp3) is 0.130. The Bertz CT molecular complexity index is 1230. The molecule has 0 atom stereocenters. The van der Waals surface area contributed by atoms with E-state index in [9.17, 15) is 4.79 Å². The molecule has 32 heavy (non-hydrogen) atoms. The number of hydrogen-bond donors (Lipinski definition) is 0. The van der Waals surface area contributed by atoms with Crippen molar-refractivity contribution in [2.75, 3.05) is 12.4 Å². The zero-order valence-corrected chi connectivity index (χ0v) is 19.4. The van der Waals surface area contributed by atoms with Crippen LogP contribution in [0, 0.1) is 0 Å². The first-order valence-corrected chi connectivity index (χ1v) is 11.5. The van der Waals surface area contributed by atoms with Crippen LogP contribution >= 0.6 is 35.0 Å². The van der Waals surface area contributed by atoms with Crippen LogP contribution in [0.3, 0.4) is 0 Å². The van der Waals surface area contributed by atoms with Crippen LogP contribution < -0.4 is 4.74 Å². The Labute approximate surface area is 199 Å². The zero-order chi connectivity index (χ0) is 22.5. The Balaban J connectivity index is 1.65. The number of ether oxygens (including phenoxy) is 1. The first-order chi connectivity index (χ1) is 15.6. The molecule has 0 unspecified atom stereocenters. The lowest BCUT2D eigenvalue weighted by atomic mass is 10.1. The molecule has 0 bridgehead atoms. The first kappa shape index (κ1) is 22.3. The molecule has 0 aliphatic heterocycles. The van der Waals surface area contributed by atoms with E-state index in [0.29, 0.717) is 33.2 Å². The van der Waals surface area contributed by atoms with Gasteiger partial charge in [-0.05, 0) is 61.5 Å². The van der Waals surface area contributed by atoms with Gasteiger partial charge in [0, 0.05) is 29.2 Å². The highest BCUT2D eigenvalue weighted by Gasteiger charge is 2.18. The van der Waals surface area contributed by atoms with Crippen molar-refractivity contribution in [2.24, 2.45) is 0 Å². The lowest BCUT2D eigenvalue weighted by Gasteiger charge is -2.11. The number of thioether (sulfide) groups is 1. The predicted octanol–water partition coefficient (Wildman–Crippen LogP) is 6.01. The minimum atomic E-state index is -0.0831. The summed E-state index contributed by atoms with van der Waals surface area (Å²) in [6.07, 6.45) is 3.40. The summed E-state index contributed by atoms with van der Waals surface area (Å²) in [6, 6.07) is 16.2. The number of Topliss-reactive ketones (excluding diaryl/α,β-unsaturated/α-hetero) is 1. The lowest BCUT2D eigenvalue weighted by Crippen LogP contribution is -2.05. The van der Waals surface area contributed by atoms with Gasteiger partial charge in [-0.3, -0.25) is 14.3 Å². The molecule has 0 spiro atoms. The Morgan fingerprint density at radius 3 is 2.44 bits per heavy atom. The molecule has 0 saturated heterocycles. The summed E-state index contributed by atoms with van der Waals surface area (Å²) in [5.74, 6) is 1.52. The average molecular weight is 485 g/mol. The summed E-state index contributed by atoms with van der Waals surface area (Å²) in [7, 11) is 0. The maximum absolute atomic E-state index is 12.7. The molecule has 4 aromatic rings. The van der Waals surface area contributed by atoms with E-state index in [1.807, 2.05) is 47.9 Å². The molecule has 2 aromatic heterocycles. The summed E-state index contributed by atoms with van der Waals surface area (Å²) in [4.78, 5) is 16.8. The van der Waals surface area contributed by atoms with E-state index in [-0.39, 0.29) is 11.5 Å². The Morgan fingerprint density at radius 1 is 1.00 bits per heavy atom. The Morgan fingerprint density at radius 2 is 1.75 bits per heavy atom. The van der Waals surface area contributed by atoms with Crippen molar-refractivity contribution in [2.45, 2.75) is 12.1 Å². The van der Waals surface area contributed by atoms with Gasteiger partial charge in [0.05, 0.1) is 22.4 Å². The van der Waals surface area contributed by atoms with Crippen molar-refractivity contribution in [1.82, 2.24) is 19.7 Å². The number of pyridine rings is 1. The third-order valence-corrected chi connectivity index (χ3v) is 6.22. The minimum absolute atomic E-state index is 0.0831. The minimum Gasteiger partial charge on any atom is -0.494 e. The molecule has 2 heterocycles. The molecule has 0 fully saturated rings. The van der Waals surface area contributed by atoms with E-state index in [1.165, 1.54) is 11.8 Å². The fourth-order valence-corrected chi connectivity index (χ4v) is 4.17. The maximum Gasteiger partial charge on any atom is 0.196 e. The van der Waals surface area contributed by atoms with Crippen molar-refractivity contribution < 1.29 is 9.53 Å². The van der Waals surface area contributed by atoms with Crippen molar-refractivity contribution in [3.63, 3.8) is 0 Å². The number of benzene rings is 2. The largest absolute Gasteiger partial charge is 0.494 e. The van der Waals surface area contributed by atoms with Crippen molar-refractivity contribution in [1.29, 1.82) is 0 Å². The number of hydrogen-bond acceptors (Lipinski definition) is 6. The number of ketones is 1. The van der Waals surface area contributed by atoms with Crippen molar-refractivity contribution >= 4 is 40.7 Å². The van der Waals surface area contributed by atoms with E-state index in [0.717, 1.165) is 17.0 Å². The third-order valence-electron chi connectivity index (χ3n) is 4.55. The van der Waals surface area contributed by atoms with Crippen LogP contribution in [0.4, 0.5) is 0 Å². The third kappa shape index (κ3) is 4.96. The smallest absolute Gasteiger partial charge is 0.196 e. The van der Waals surface area contributed by atoms with Crippen LogP contribution in [0.25, 0.3) is 17.1 Å². The van der Waals surface area contributed by atoms with Crippen LogP contribution in [-0.4, -0.2) is 37.9 Å². The van der Waals surface area contributed by atoms with E-state index < -0.39 is 0 Å². The number of carbonyl (C=O) groups excluding carboxylic acids is 1. The van der Waals surface area contributed by atoms with Gasteiger partial charge < -0.3 is 4.74 Å². The second-order valence-electron chi connectivity index (χ2n) is 6.65. The van der Waals surface area contributed by atoms with Gasteiger partial charge in [0.15, 0.2) is 16.8 Å². The SMILES string of the molecule is CCOc1ccc(-n2c(SCC(=O)c3ccc(Cl)c(Cl)c3)nnc2-c2ccncc2)cc1. The monoisotopic (exact) mass is 484 g/mol. The molecule has 2 aromatic carbocycles. The van der Waals surface area contributed by atoms with Gasteiger partial charge in [0.25, 0.3) is 0 Å². The normalized spacial score (nSPS) is 10.8. The molecule has 0 aliphatic rings. The van der Waals surface area contributed by atoms with E-state index in [2.05, 4.69) is 15.2 Å². The van der Waals surface area contributed by atoms with Crippen LogP contribution in [0.5, 0.6) is 5.75 Å². The second kappa shape index (κ2) is 10.2. The fourth-order valence-electron chi connectivity index (χ4n) is 3.03. The molecule has 4 rings (SSSR count). The average Bonchev–Trinajstić information content (AvgIpc) is 3.24. The summed E-state index contributed by atoms with van der Waals surface area (Å²) < 4.78 is 7.47. The van der Waals surface area contributed by atoms with Gasteiger partial charge in [0.1, 0.15) is 5.75 Å². The van der Waals surface area contributed by atoms with E-state index in [4.69, 9.17) is 27.9 Å². The van der Waals surface area contributed by atoms with Crippen molar-refractivity contribution in [3.8, 4) is 22.8 Å². The number of halogens is 2. The van der Waals surface area contributed by atoms with Gasteiger partial charge in [0.2, 0.25) is 0 Å². The van der Waals surface area contributed by atoms with Gasteiger partial charge in [-0.15, -0.1) is 10.2 Å². The molecule has 0 aliphatic carbocycles. The van der Waals surface area contributed by atoms with Gasteiger partial charge in [-0.1, -0.05) is 35.0 Å². The number of aromatic nitrogens is 4. The topological polar surface area (TPSA) is 69.9 Å². The molecule has 9 heteroatoms. The molecular weight excluding hydrogens is 467 g/mol. The maximum atomic E-state index is 12.7. The summed E-state index contributed by atoms with van der Waals surface area (Å²) in [5.41, 5.74) is 2.21. The predicted molar refractivity (Wildman–Crippen MR) is 127 cm³/mol. The molecule has 0 saturated carbocycles. The molecular formula is C23H18Cl2N4O2S. The standard InChI is InChI=1S/C23H18Cl2N4O2S/c1-2-31-18-6-4-17(5-7-18)29-22(15-9-11-26-12-10-15)27-28-23(29)32-14-21(30)16-3-8-19(24)20(25)13-16/h3-13H,2,14H2,1H3. The Kier molecular flexibility index (Phi) is 7.09. The number of rotatable bonds is 8.